The molecule has 0 fully saturated rings. The number of nitrogens with one attached hydrogen (secondary N) is 1. The van der Waals surface area contributed by atoms with Crippen molar-refractivity contribution in [2.75, 3.05) is 7.05 Å². The first-order valence-corrected chi connectivity index (χ1v) is 5.00. The van der Waals surface area contributed by atoms with Crippen molar-refractivity contribution in [3.05, 3.63) is 29.3 Å². The normalized spacial score (nSPS) is 12.2. The van der Waals surface area contributed by atoms with Gasteiger partial charge in [0, 0.05) is 10.5 Å². The van der Waals surface area contributed by atoms with Gasteiger partial charge < -0.3 is 0 Å². The predicted octanol–water partition coefficient (Wildman–Crippen LogP) is 3.87. The Labute approximate surface area is 93.2 Å². The summed E-state index contributed by atoms with van der Waals surface area (Å²) in [5, 5.41) is 0. The van der Waals surface area contributed by atoms with Crippen LogP contribution in [0, 0.1) is 0 Å². The molecule has 7 heteroatoms. The quantitative estimate of drug-likeness (QED) is 0.651. The van der Waals surface area contributed by atoms with Crippen molar-refractivity contribution >= 4 is 11.9 Å². The minimum atomic E-state index is -4.62. The van der Waals surface area contributed by atoms with Crippen LogP contribution in [0.25, 0.3) is 0 Å². The smallest absolute Gasteiger partial charge is 0.263 e. The molecule has 0 aromatic heterocycles. The van der Waals surface area contributed by atoms with E-state index in [-0.39, 0.29) is 4.90 Å². The fourth-order valence-electron chi connectivity index (χ4n) is 1.09. The highest BCUT2D eigenvalue weighted by molar-refractivity contribution is 7.97. The SMILES string of the molecule is CNSc1cc(C(F)F)cc(C(F)(F)F)c1. The Balaban J connectivity index is 3.19. The molecule has 0 saturated heterocycles. The zero-order chi connectivity index (χ0) is 12.3. The van der Waals surface area contributed by atoms with Gasteiger partial charge in [-0.25, -0.2) is 8.78 Å². The minimum Gasteiger partial charge on any atom is -0.263 e. The van der Waals surface area contributed by atoms with E-state index >= 15 is 0 Å². The molecule has 0 aliphatic carbocycles. The summed E-state index contributed by atoms with van der Waals surface area (Å²) in [4.78, 5) is 0.104. The maximum absolute atomic E-state index is 12.4. The van der Waals surface area contributed by atoms with Gasteiger partial charge in [-0.15, -0.1) is 0 Å². The maximum Gasteiger partial charge on any atom is 0.416 e. The average molecular weight is 257 g/mol. The molecule has 0 saturated carbocycles. The number of alkyl halides is 5. The van der Waals surface area contributed by atoms with Gasteiger partial charge >= 0.3 is 6.18 Å². The molecular formula is C9H8F5NS. The predicted molar refractivity (Wildman–Crippen MR) is 51.3 cm³/mol. The molecule has 90 valence electrons. The Hall–Kier alpha value is -0.820. The molecule has 16 heavy (non-hydrogen) atoms. The van der Waals surface area contributed by atoms with Crippen LogP contribution in [0.3, 0.4) is 0 Å². The summed E-state index contributed by atoms with van der Waals surface area (Å²) in [6, 6.07) is 2.32. The highest BCUT2D eigenvalue weighted by Crippen LogP contribution is 2.34. The first-order chi connectivity index (χ1) is 7.34. The van der Waals surface area contributed by atoms with Gasteiger partial charge in [0.05, 0.1) is 5.56 Å². The molecule has 0 unspecified atom stereocenters. The van der Waals surface area contributed by atoms with Crippen molar-refractivity contribution in [2.24, 2.45) is 0 Å². The van der Waals surface area contributed by atoms with E-state index in [2.05, 4.69) is 4.72 Å². The van der Waals surface area contributed by atoms with Crippen molar-refractivity contribution < 1.29 is 22.0 Å². The van der Waals surface area contributed by atoms with E-state index in [0.717, 1.165) is 24.1 Å². The third kappa shape index (κ3) is 3.34. The molecule has 1 aromatic rings. The van der Waals surface area contributed by atoms with Crippen LogP contribution < -0.4 is 4.72 Å². The van der Waals surface area contributed by atoms with Gasteiger partial charge in [-0.3, -0.25) is 4.72 Å². The second-order valence-electron chi connectivity index (χ2n) is 2.90. The van der Waals surface area contributed by atoms with Crippen molar-refractivity contribution in [2.45, 2.75) is 17.5 Å². The van der Waals surface area contributed by atoms with Gasteiger partial charge in [0.15, 0.2) is 0 Å². The molecule has 0 amide bonds. The molecule has 1 nitrogen and oxygen atoms in total. The van der Waals surface area contributed by atoms with Crippen LogP contribution in [0.4, 0.5) is 22.0 Å². The second kappa shape index (κ2) is 5.01. The van der Waals surface area contributed by atoms with Gasteiger partial charge in [0.1, 0.15) is 0 Å². The number of benzene rings is 1. The van der Waals surface area contributed by atoms with Gasteiger partial charge in [-0.1, -0.05) is 0 Å². The maximum atomic E-state index is 12.4. The highest BCUT2D eigenvalue weighted by Gasteiger charge is 2.32. The topological polar surface area (TPSA) is 12.0 Å². The molecule has 0 atom stereocenters. The largest absolute Gasteiger partial charge is 0.416 e. The van der Waals surface area contributed by atoms with E-state index in [4.69, 9.17) is 0 Å². The molecule has 1 rings (SSSR count). The fourth-order valence-corrected chi connectivity index (χ4v) is 1.71. The van der Waals surface area contributed by atoms with E-state index in [1.165, 1.54) is 7.05 Å². The van der Waals surface area contributed by atoms with Crippen molar-refractivity contribution in [1.82, 2.24) is 4.72 Å². The Morgan fingerprint density at radius 2 is 1.81 bits per heavy atom. The summed E-state index contributed by atoms with van der Waals surface area (Å²) in [7, 11) is 1.49. The summed E-state index contributed by atoms with van der Waals surface area (Å²) < 4.78 is 64.4. The van der Waals surface area contributed by atoms with Crippen LogP contribution in [-0.4, -0.2) is 7.05 Å². The van der Waals surface area contributed by atoms with Gasteiger partial charge in [-0.05, 0) is 37.2 Å². The van der Waals surface area contributed by atoms with Crippen LogP contribution >= 0.6 is 11.9 Å². The minimum absolute atomic E-state index is 0.104. The number of hydrogen-bond donors (Lipinski definition) is 1. The lowest BCUT2D eigenvalue weighted by molar-refractivity contribution is -0.137. The highest BCUT2D eigenvalue weighted by atomic mass is 32.2. The summed E-state index contributed by atoms with van der Waals surface area (Å²) in [6.45, 7) is 0. The third-order valence-electron chi connectivity index (χ3n) is 1.73. The van der Waals surface area contributed by atoms with Crippen LogP contribution in [0.5, 0.6) is 0 Å². The Bertz CT molecular complexity index is 363. The van der Waals surface area contributed by atoms with Crippen molar-refractivity contribution in [1.29, 1.82) is 0 Å². The van der Waals surface area contributed by atoms with E-state index in [9.17, 15) is 22.0 Å². The molecule has 0 spiro atoms. The second-order valence-corrected chi connectivity index (χ2v) is 3.98. The molecule has 1 aromatic carbocycles. The summed E-state index contributed by atoms with van der Waals surface area (Å²) in [5.74, 6) is 0. The van der Waals surface area contributed by atoms with Crippen LogP contribution in [-0.2, 0) is 6.18 Å². The molecular weight excluding hydrogens is 249 g/mol. The zero-order valence-electron chi connectivity index (χ0n) is 8.11. The molecule has 0 radical (unpaired) electrons. The lowest BCUT2D eigenvalue weighted by atomic mass is 10.1. The standard InChI is InChI=1S/C9H8F5NS/c1-15-16-7-3-5(8(10)11)2-6(4-7)9(12,13)14/h2-4,8,15H,1H3. The number of rotatable bonds is 3. The molecule has 0 aliphatic heterocycles. The molecule has 1 N–H and O–H groups in total. The Morgan fingerprint density at radius 1 is 1.19 bits per heavy atom. The Morgan fingerprint density at radius 3 is 2.25 bits per heavy atom. The van der Waals surface area contributed by atoms with Crippen molar-refractivity contribution in [3.8, 4) is 0 Å². The summed E-state index contributed by atoms with van der Waals surface area (Å²) in [6.07, 6.45) is -7.54. The van der Waals surface area contributed by atoms with Crippen molar-refractivity contribution in [3.63, 3.8) is 0 Å². The lowest BCUT2D eigenvalue weighted by Crippen LogP contribution is -2.06. The third-order valence-corrected chi connectivity index (χ3v) is 2.40. The molecule has 0 heterocycles. The first kappa shape index (κ1) is 13.2. The number of halogens is 5. The van der Waals surface area contributed by atoms with Crippen LogP contribution in [0.15, 0.2) is 23.1 Å². The van der Waals surface area contributed by atoms with Crippen LogP contribution in [0.1, 0.15) is 17.6 Å². The van der Waals surface area contributed by atoms with Gasteiger partial charge in [0.25, 0.3) is 6.43 Å². The van der Waals surface area contributed by atoms with Gasteiger partial charge in [0.2, 0.25) is 0 Å². The van der Waals surface area contributed by atoms with E-state index in [1.54, 1.807) is 0 Å². The van der Waals surface area contributed by atoms with Gasteiger partial charge in [-0.2, -0.15) is 13.2 Å². The summed E-state index contributed by atoms with van der Waals surface area (Å²) >= 11 is 0.854. The summed E-state index contributed by atoms with van der Waals surface area (Å²) in [5.41, 5.74) is -1.70. The lowest BCUT2D eigenvalue weighted by Gasteiger charge is -2.11. The fraction of sp³-hybridized carbons (Fsp3) is 0.333. The monoisotopic (exact) mass is 257 g/mol. The Kier molecular flexibility index (Phi) is 4.15. The molecule has 0 bridgehead atoms. The first-order valence-electron chi connectivity index (χ1n) is 4.18. The number of hydrogen-bond acceptors (Lipinski definition) is 2. The van der Waals surface area contributed by atoms with Crippen LogP contribution in [0.2, 0.25) is 0 Å². The van der Waals surface area contributed by atoms with E-state index in [1.807, 2.05) is 0 Å². The van der Waals surface area contributed by atoms with E-state index < -0.39 is 23.7 Å². The zero-order valence-corrected chi connectivity index (χ0v) is 8.92. The van der Waals surface area contributed by atoms with E-state index in [0.29, 0.717) is 6.07 Å². The average Bonchev–Trinajstić information content (AvgIpc) is 2.16. The molecule has 0 aliphatic rings.